The van der Waals surface area contributed by atoms with Crippen LogP contribution in [0.5, 0.6) is 0 Å². The molecule has 4 aromatic rings. The van der Waals surface area contributed by atoms with Gasteiger partial charge in [-0.3, -0.25) is 10.1 Å². The first kappa shape index (κ1) is 15.8. The Kier molecular flexibility index (Phi) is 4.03. The topological polar surface area (TPSA) is 85.8 Å². The summed E-state index contributed by atoms with van der Waals surface area (Å²) >= 11 is 0. The Hall–Kier alpha value is -3.74. The Balaban J connectivity index is 1.76. The fourth-order valence-corrected chi connectivity index (χ4v) is 2.57. The SMILES string of the molecule is Cc1nnc(NC(=O)c2cn(-c3ccccc3)nc2-c2ccccc2)o1. The predicted octanol–water partition coefficient (Wildman–Crippen LogP) is 3.48. The Labute approximate surface area is 149 Å². The molecule has 1 N–H and O–H groups in total. The van der Waals surface area contributed by atoms with Gasteiger partial charge in [0, 0.05) is 18.7 Å². The lowest BCUT2D eigenvalue weighted by atomic mass is 10.1. The van der Waals surface area contributed by atoms with Crippen molar-refractivity contribution in [2.75, 3.05) is 5.32 Å². The second kappa shape index (κ2) is 6.64. The Morgan fingerprint density at radius 1 is 1.00 bits per heavy atom. The molecule has 2 aromatic carbocycles. The van der Waals surface area contributed by atoms with E-state index in [9.17, 15) is 4.79 Å². The normalized spacial score (nSPS) is 10.7. The van der Waals surface area contributed by atoms with Crippen LogP contribution in [-0.4, -0.2) is 25.9 Å². The zero-order chi connectivity index (χ0) is 17.9. The van der Waals surface area contributed by atoms with Gasteiger partial charge in [-0.05, 0) is 12.1 Å². The molecule has 7 nitrogen and oxygen atoms in total. The summed E-state index contributed by atoms with van der Waals surface area (Å²) in [6.07, 6.45) is 1.69. The average molecular weight is 345 g/mol. The van der Waals surface area contributed by atoms with Gasteiger partial charge in [-0.25, -0.2) is 4.68 Å². The van der Waals surface area contributed by atoms with Crippen molar-refractivity contribution in [2.45, 2.75) is 6.92 Å². The third-order valence-corrected chi connectivity index (χ3v) is 3.77. The zero-order valence-corrected chi connectivity index (χ0v) is 14.0. The molecule has 26 heavy (non-hydrogen) atoms. The number of anilines is 1. The van der Waals surface area contributed by atoms with E-state index in [1.165, 1.54) is 0 Å². The third-order valence-electron chi connectivity index (χ3n) is 3.77. The van der Waals surface area contributed by atoms with Crippen molar-refractivity contribution in [1.29, 1.82) is 0 Å². The number of nitrogens with zero attached hydrogens (tertiary/aromatic N) is 4. The van der Waals surface area contributed by atoms with Crippen molar-refractivity contribution < 1.29 is 9.21 Å². The fraction of sp³-hybridized carbons (Fsp3) is 0.0526. The van der Waals surface area contributed by atoms with E-state index in [1.807, 2.05) is 60.7 Å². The van der Waals surface area contributed by atoms with E-state index < -0.39 is 0 Å². The van der Waals surface area contributed by atoms with Crippen LogP contribution in [-0.2, 0) is 0 Å². The largest absolute Gasteiger partial charge is 0.408 e. The average Bonchev–Trinajstić information content (AvgIpc) is 3.30. The second-order valence-corrected chi connectivity index (χ2v) is 5.62. The molecule has 0 aliphatic carbocycles. The summed E-state index contributed by atoms with van der Waals surface area (Å²) in [5.41, 5.74) is 2.69. The molecule has 128 valence electrons. The maximum Gasteiger partial charge on any atom is 0.322 e. The van der Waals surface area contributed by atoms with Gasteiger partial charge in [-0.2, -0.15) is 5.10 Å². The Morgan fingerprint density at radius 3 is 2.35 bits per heavy atom. The highest BCUT2D eigenvalue weighted by Crippen LogP contribution is 2.24. The summed E-state index contributed by atoms with van der Waals surface area (Å²) in [6, 6.07) is 19.2. The summed E-state index contributed by atoms with van der Waals surface area (Å²) in [4.78, 5) is 12.8. The Bertz CT molecular complexity index is 1040. The minimum atomic E-state index is -0.366. The molecule has 0 saturated heterocycles. The summed E-state index contributed by atoms with van der Waals surface area (Å²) < 4.78 is 6.91. The maximum atomic E-state index is 12.8. The van der Waals surface area contributed by atoms with Crippen LogP contribution in [0.15, 0.2) is 71.3 Å². The number of amides is 1. The van der Waals surface area contributed by atoms with Crippen LogP contribution in [0.3, 0.4) is 0 Å². The summed E-state index contributed by atoms with van der Waals surface area (Å²) in [6.45, 7) is 1.66. The molecule has 2 aromatic heterocycles. The molecule has 1 amide bonds. The van der Waals surface area contributed by atoms with Gasteiger partial charge in [0.05, 0.1) is 11.3 Å². The molecule has 0 fully saturated rings. The van der Waals surface area contributed by atoms with Gasteiger partial charge >= 0.3 is 6.01 Å². The minimum absolute atomic E-state index is 0.0546. The number of hydrogen-bond acceptors (Lipinski definition) is 5. The monoisotopic (exact) mass is 345 g/mol. The molecule has 0 unspecified atom stereocenters. The highest BCUT2D eigenvalue weighted by molar-refractivity contribution is 6.07. The van der Waals surface area contributed by atoms with Crippen LogP contribution in [0, 0.1) is 6.92 Å². The highest BCUT2D eigenvalue weighted by atomic mass is 16.4. The number of aryl methyl sites for hydroxylation is 1. The van der Waals surface area contributed by atoms with Gasteiger partial charge in [0.2, 0.25) is 5.89 Å². The molecule has 0 atom stereocenters. The van der Waals surface area contributed by atoms with Gasteiger partial charge in [0.25, 0.3) is 5.91 Å². The highest BCUT2D eigenvalue weighted by Gasteiger charge is 2.20. The third kappa shape index (κ3) is 3.10. The van der Waals surface area contributed by atoms with Gasteiger partial charge in [0.15, 0.2) is 0 Å². The van der Waals surface area contributed by atoms with E-state index in [4.69, 9.17) is 4.42 Å². The van der Waals surface area contributed by atoms with Crippen LogP contribution in [0.1, 0.15) is 16.2 Å². The number of carbonyl (C=O) groups excluding carboxylic acids is 1. The zero-order valence-electron chi connectivity index (χ0n) is 14.0. The van der Waals surface area contributed by atoms with Gasteiger partial charge in [-0.1, -0.05) is 53.6 Å². The summed E-state index contributed by atoms with van der Waals surface area (Å²) in [5, 5.41) is 14.7. The van der Waals surface area contributed by atoms with E-state index in [1.54, 1.807) is 17.8 Å². The number of benzene rings is 2. The molecule has 0 aliphatic rings. The van der Waals surface area contributed by atoms with E-state index >= 15 is 0 Å². The van der Waals surface area contributed by atoms with Gasteiger partial charge in [-0.15, -0.1) is 5.10 Å². The van der Waals surface area contributed by atoms with Crippen molar-refractivity contribution in [3.8, 4) is 16.9 Å². The summed E-state index contributed by atoms with van der Waals surface area (Å²) in [7, 11) is 0. The number of rotatable bonds is 4. The lowest BCUT2D eigenvalue weighted by Gasteiger charge is -2.01. The van der Waals surface area contributed by atoms with Crippen LogP contribution < -0.4 is 5.32 Å². The molecular weight excluding hydrogens is 330 g/mol. The molecule has 0 bridgehead atoms. The maximum absolute atomic E-state index is 12.8. The summed E-state index contributed by atoms with van der Waals surface area (Å²) in [5.74, 6) is 0.0123. The van der Waals surface area contributed by atoms with Crippen LogP contribution in [0.25, 0.3) is 16.9 Å². The standard InChI is InChI=1S/C19H15N5O2/c1-13-21-22-19(26-13)20-18(25)16-12-24(15-10-6-3-7-11-15)23-17(16)14-8-4-2-5-9-14/h2-12H,1H3,(H,20,22,25). The number of carbonyl (C=O) groups is 1. The first-order chi connectivity index (χ1) is 12.7. The van der Waals surface area contributed by atoms with E-state index in [-0.39, 0.29) is 11.9 Å². The molecule has 0 radical (unpaired) electrons. The molecule has 2 heterocycles. The molecule has 0 saturated carbocycles. The van der Waals surface area contributed by atoms with Crippen LogP contribution >= 0.6 is 0 Å². The molecule has 0 aliphatic heterocycles. The van der Waals surface area contributed by atoms with Gasteiger partial charge < -0.3 is 4.42 Å². The Morgan fingerprint density at radius 2 is 1.69 bits per heavy atom. The van der Waals surface area contributed by atoms with Crippen molar-refractivity contribution in [1.82, 2.24) is 20.0 Å². The first-order valence-corrected chi connectivity index (χ1v) is 8.03. The van der Waals surface area contributed by atoms with Crippen LogP contribution in [0.4, 0.5) is 6.01 Å². The smallest absolute Gasteiger partial charge is 0.322 e. The number of para-hydroxylation sites is 1. The van der Waals surface area contributed by atoms with Gasteiger partial charge in [0.1, 0.15) is 5.69 Å². The second-order valence-electron chi connectivity index (χ2n) is 5.62. The van der Waals surface area contributed by atoms with Crippen molar-refractivity contribution >= 4 is 11.9 Å². The minimum Gasteiger partial charge on any atom is -0.408 e. The first-order valence-electron chi connectivity index (χ1n) is 8.03. The van der Waals surface area contributed by atoms with E-state index in [0.717, 1.165) is 11.3 Å². The molecule has 7 heteroatoms. The lowest BCUT2D eigenvalue weighted by molar-refractivity contribution is 0.102. The molecule has 0 spiro atoms. The van der Waals surface area contributed by atoms with Crippen molar-refractivity contribution in [2.24, 2.45) is 0 Å². The van der Waals surface area contributed by atoms with Crippen molar-refractivity contribution in [3.63, 3.8) is 0 Å². The quantitative estimate of drug-likeness (QED) is 0.612. The van der Waals surface area contributed by atoms with E-state index in [2.05, 4.69) is 20.6 Å². The number of aromatic nitrogens is 4. The number of nitrogens with one attached hydrogen (secondary N) is 1. The molecule has 4 rings (SSSR count). The fourth-order valence-electron chi connectivity index (χ4n) is 2.57. The number of hydrogen-bond donors (Lipinski definition) is 1. The predicted molar refractivity (Wildman–Crippen MR) is 96.0 cm³/mol. The lowest BCUT2D eigenvalue weighted by Crippen LogP contribution is -2.12. The molecular formula is C19H15N5O2. The van der Waals surface area contributed by atoms with E-state index in [0.29, 0.717) is 17.1 Å². The van der Waals surface area contributed by atoms with Crippen LogP contribution in [0.2, 0.25) is 0 Å². The van der Waals surface area contributed by atoms with Crippen molar-refractivity contribution in [3.05, 3.63) is 78.3 Å².